The summed E-state index contributed by atoms with van der Waals surface area (Å²) in [6, 6.07) is 10.2. The number of aryl methyl sites for hydroxylation is 2. The van der Waals surface area contributed by atoms with Gasteiger partial charge in [-0.2, -0.15) is 0 Å². The lowest BCUT2D eigenvalue weighted by molar-refractivity contribution is 0.402. The average molecular weight is 274 g/mol. The molecule has 0 amide bonds. The number of rotatable bonds is 4. The summed E-state index contributed by atoms with van der Waals surface area (Å²) in [5.41, 5.74) is 6.68. The van der Waals surface area contributed by atoms with E-state index in [1.807, 2.05) is 26.0 Å². The summed E-state index contributed by atoms with van der Waals surface area (Å²) in [7, 11) is 1.56. The summed E-state index contributed by atoms with van der Waals surface area (Å²) in [5.74, 6) is 5.97. The van der Waals surface area contributed by atoms with Crippen LogP contribution in [0.3, 0.4) is 0 Å². The highest BCUT2D eigenvalue weighted by Crippen LogP contribution is 2.31. The van der Waals surface area contributed by atoms with Crippen LogP contribution in [0.25, 0.3) is 0 Å². The topological polar surface area (TPSA) is 47.3 Å². The number of nitrogens with two attached hydrogens (primary N) is 1. The molecule has 106 valence electrons. The smallest absolute Gasteiger partial charge is 0.124 e. The van der Waals surface area contributed by atoms with Crippen molar-refractivity contribution in [1.82, 2.24) is 5.43 Å². The summed E-state index contributed by atoms with van der Waals surface area (Å²) in [4.78, 5) is 0. The van der Waals surface area contributed by atoms with Gasteiger partial charge in [0.1, 0.15) is 11.6 Å². The van der Waals surface area contributed by atoms with Gasteiger partial charge in [-0.1, -0.05) is 29.3 Å². The minimum absolute atomic E-state index is 0.314. The molecule has 0 bridgehead atoms. The monoisotopic (exact) mass is 274 g/mol. The van der Waals surface area contributed by atoms with E-state index in [2.05, 4.69) is 11.5 Å². The Morgan fingerprint density at radius 3 is 2.30 bits per heavy atom. The number of methoxy groups -OCH3 is 1. The second kappa shape index (κ2) is 6.03. The Morgan fingerprint density at radius 1 is 1.10 bits per heavy atom. The van der Waals surface area contributed by atoms with Gasteiger partial charge in [0, 0.05) is 5.56 Å². The Kier molecular flexibility index (Phi) is 4.37. The SMILES string of the molecule is COc1ccc(F)cc1C(NN)c1cc(C)cc(C)c1. The van der Waals surface area contributed by atoms with Gasteiger partial charge in [0.15, 0.2) is 0 Å². The van der Waals surface area contributed by atoms with Gasteiger partial charge in [-0.15, -0.1) is 0 Å². The molecule has 0 saturated heterocycles. The highest BCUT2D eigenvalue weighted by molar-refractivity contribution is 5.43. The molecule has 0 radical (unpaired) electrons. The Morgan fingerprint density at radius 2 is 1.75 bits per heavy atom. The minimum atomic E-state index is -0.320. The first-order chi connectivity index (χ1) is 9.55. The Hall–Kier alpha value is -1.91. The number of hydrogen-bond acceptors (Lipinski definition) is 3. The number of ether oxygens (including phenoxy) is 1. The third-order valence-corrected chi connectivity index (χ3v) is 3.25. The van der Waals surface area contributed by atoms with Crippen molar-refractivity contribution in [2.24, 2.45) is 5.84 Å². The fourth-order valence-corrected chi connectivity index (χ4v) is 2.47. The van der Waals surface area contributed by atoms with Gasteiger partial charge >= 0.3 is 0 Å². The molecule has 1 unspecified atom stereocenters. The number of benzene rings is 2. The second-order valence-corrected chi connectivity index (χ2v) is 4.91. The molecule has 0 aliphatic rings. The van der Waals surface area contributed by atoms with E-state index in [0.29, 0.717) is 11.3 Å². The van der Waals surface area contributed by atoms with E-state index in [1.54, 1.807) is 13.2 Å². The van der Waals surface area contributed by atoms with E-state index in [1.165, 1.54) is 12.1 Å². The van der Waals surface area contributed by atoms with Gasteiger partial charge < -0.3 is 4.74 Å². The average Bonchev–Trinajstić information content (AvgIpc) is 2.39. The maximum absolute atomic E-state index is 13.5. The zero-order valence-electron chi connectivity index (χ0n) is 11.9. The second-order valence-electron chi connectivity index (χ2n) is 4.91. The summed E-state index contributed by atoms with van der Waals surface area (Å²) in [6.45, 7) is 4.04. The first kappa shape index (κ1) is 14.5. The van der Waals surface area contributed by atoms with Gasteiger partial charge in [-0.25, -0.2) is 9.82 Å². The van der Waals surface area contributed by atoms with Gasteiger partial charge in [0.2, 0.25) is 0 Å². The summed E-state index contributed by atoms with van der Waals surface area (Å²) in [5, 5.41) is 0. The van der Waals surface area contributed by atoms with E-state index < -0.39 is 0 Å². The van der Waals surface area contributed by atoms with E-state index in [0.717, 1.165) is 16.7 Å². The van der Waals surface area contributed by atoms with Crippen LogP contribution in [0.1, 0.15) is 28.3 Å². The van der Waals surface area contributed by atoms with Gasteiger partial charge in [0.25, 0.3) is 0 Å². The predicted molar refractivity (Wildman–Crippen MR) is 78.0 cm³/mol. The molecule has 20 heavy (non-hydrogen) atoms. The van der Waals surface area contributed by atoms with Crippen LogP contribution in [0, 0.1) is 19.7 Å². The first-order valence-electron chi connectivity index (χ1n) is 6.43. The molecule has 0 spiro atoms. The summed E-state index contributed by atoms with van der Waals surface area (Å²) in [6.07, 6.45) is 0. The summed E-state index contributed by atoms with van der Waals surface area (Å²) >= 11 is 0. The van der Waals surface area contributed by atoms with Crippen LogP contribution in [0.2, 0.25) is 0 Å². The zero-order chi connectivity index (χ0) is 14.7. The molecule has 2 aromatic carbocycles. The fraction of sp³-hybridized carbons (Fsp3) is 0.250. The van der Waals surface area contributed by atoms with Crippen molar-refractivity contribution < 1.29 is 9.13 Å². The Labute approximate surface area is 118 Å². The molecule has 0 aliphatic carbocycles. The van der Waals surface area contributed by atoms with E-state index >= 15 is 0 Å². The van der Waals surface area contributed by atoms with E-state index in [9.17, 15) is 4.39 Å². The summed E-state index contributed by atoms with van der Waals surface area (Å²) < 4.78 is 18.8. The lowest BCUT2D eigenvalue weighted by atomic mass is 9.95. The van der Waals surface area contributed by atoms with Gasteiger partial charge in [-0.05, 0) is 37.6 Å². The van der Waals surface area contributed by atoms with Crippen LogP contribution in [0.4, 0.5) is 4.39 Å². The number of nitrogens with one attached hydrogen (secondary N) is 1. The molecule has 3 nitrogen and oxygen atoms in total. The fourth-order valence-electron chi connectivity index (χ4n) is 2.47. The molecular formula is C16H19FN2O. The molecule has 2 aromatic rings. The quantitative estimate of drug-likeness (QED) is 0.665. The van der Waals surface area contributed by atoms with Crippen molar-refractivity contribution >= 4 is 0 Å². The normalized spacial score (nSPS) is 12.2. The number of hydrazine groups is 1. The molecule has 0 saturated carbocycles. The van der Waals surface area contributed by atoms with E-state index in [-0.39, 0.29) is 11.9 Å². The van der Waals surface area contributed by atoms with Crippen LogP contribution in [0.15, 0.2) is 36.4 Å². The molecule has 3 N–H and O–H groups in total. The van der Waals surface area contributed by atoms with Crippen molar-refractivity contribution in [2.75, 3.05) is 7.11 Å². The third-order valence-electron chi connectivity index (χ3n) is 3.25. The van der Waals surface area contributed by atoms with Crippen LogP contribution < -0.4 is 16.0 Å². The minimum Gasteiger partial charge on any atom is -0.496 e. The van der Waals surface area contributed by atoms with Crippen molar-refractivity contribution in [3.05, 3.63) is 64.5 Å². The van der Waals surface area contributed by atoms with Crippen molar-refractivity contribution in [3.8, 4) is 5.75 Å². The Bertz CT molecular complexity index is 593. The van der Waals surface area contributed by atoms with Crippen molar-refractivity contribution in [3.63, 3.8) is 0 Å². The number of halogens is 1. The molecule has 0 aliphatic heterocycles. The Balaban J connectivity index is 2.54. The molecular weight excluding hydrogens is 255 g/mol. The first-order valence-corrected chi connectivity index (χ1v) is 6.43. The lowest BCUT2D eigenvalue weighted by Crippen LogP contribution is -2.29. The standard InChI is InChI=1S/C16H19FN2O/c1-10-6-11(2)8-12(7-10)16(19-18)14-9-13(17)4-5-15(14)20-3/h4-9,16,19H,18H2,1-3H3. The largest absolute Gasteiger partial charge is 0.496 e. The van der Waals surface area contributed by atoms with Gasteiger partial charge in [0.05, 0.1) is 13.2 Å². The predicted octanol–water partition coefficient (Wildman–Crippen LogP) is 3.00. The maximum atomic E-state index is 13.5. The van der Waals surface area contributed by atoms with Crippen LogP contribution >= 0.6 is 0 Å². The molecule has 0 fully saturated rings. The molecule has 0 heterocycles. The maximum Gasteiger partial charge on any atom is 0.124 e. The molecule has 1 atom stereocenters. The van der Waals surface area contributed by atoms with Crippen LogP contribution in [0.5, 0.6) is 5.75 Å². The van der Waals surface area contributed by atoms with Gasteiger partial charge in [-0.3, -0.25) is 5.84 Å². The third kappa shape index (κ3) is 2.98. The number of hydrogen-bond donors (Lipinski definition) is 2. The van der Waals surface area contributed by atoms with E-state index in [4.69, 9.17) is 10.6 Å². The molecule has 0 aromatic heterocycles. The van der Waals surface area contributed by atoms with Crippen LogP contribution in [-0.2, 0) is 0 Å². The lowest BCUT2D eigenvalue weighted by Gasteiger charge is -2.20. The highest BCUT2D eigenvalue weighted by Gasteiger charge is 2.18. The highest BCUT2D eigenvalue weighted by atomic mass is 19.1. The molecule has 4 heteroatoms. The van der Waals surface area contributed by atoms with Crippen molar-refractivity contribution in [1.29, 1.82) is 0 Å². The van der Waals surface area contributed by atoms with Crippen molar-refractivity contribution in [2.45, 2.75) is 19.9 Å². The molecule has 2 rings (SSSR count). The zero-order valence-corrected chi connectivity index (χ0v) is 11.9. The van der Waals surface area contributed by atoms with Crippen LogP contribution in [-0.4, -0.2) is 7.11 Å².